The van der Waals surface area contributed by atoms with Crippen molar-refractivity contribution in [2.75, 3.05) is 32.7 Å². The fourth-order valence-corrected chi connectivity index (χ4v) is 3.74. The van der Waals surface area contributed by atoms with E-state index in [1.165, 1.54) is 24.2 Å². The Morgan fingerprint density at radius 1 is 1.00 bits per heavy atom. The highest BCUT2D eigenvalue weighted by molar-refractivity contribution is 5.13. The average molecular weight is 342 g/mol. The van der Waals surface area contributed by atoms with Crippen LogP contribution in [0, 0.1) is 6.92 Å². The van der Waals surface area contributed by atoms with E-state index < -0.39 is 0 Å². The number of aromatic nitrogens is 4. The van der Waals surface area contributed by atoms with Gasteiger partial charge in [-0.2, -0.15) is 10.2 Å². The monoisotopic (exact) mass is 342 g/mol. The predicted molar refractivity (Wildman–Crippen MR) is 95.5 cm³/mol. The molecular weight excluding hydrogens is 316 g/mol. The normalized spacial score (nSPS) is 18.6. The fourth-order valence-electron chi connectivity index (χ4n) is 3.74. The molecule has 7 heteroatoms. The highest BCUT2D eigenvalue weighted by atomic mass is 16.1. The van der Waals surface area contributed by atoms with Gasteiger partial charge in [-0.05, 0) is 31.9 Å². The van der Waals surface area contributed by atoms with E-state index in [-0.39, 0.29) is 5.56 Å². The highest BCUT2D eigenvalue weighted by Crippen LogP contribution is 2.16. The molecule has 1 saturated heterocycles. The molecule has 134 valence electrons. The van der Waals surface area contributed by atoms with Crippen molar-refractivity contribution >= 4 is 0 Å². The standard InChI is InChI=1S/C18H26N6O/c1-15-4-5-18(25)24(19-15)12-11-21-7-9-22(10-8-21)14-16-13-17-3-2-6-23(17)20-16/h4-5,13H,2-3,6-12,14H2,1H3. The Kier molecular flexibility index (Phi) is 4.67. The van der Waals surface area contributed by atoms with E-state index in [2.05, 4.69) is 25.6 Å². The Bertz CT molecular complexity index is 766. The smallest absolute Gasteiger partial charge is 0.266 e. The number of hydrogen-bond donors (Lipinski definition) is 0. The molecule has 25 heavy (non-hydrogen) atoms. The quantitative estimate of drug-likeness (QED) is 0.793. The van der Waals surface area contributed by atoms with E-state index in [0.29, 0.717) is 6.54 Å². The van der Waals surface area contributed by atoms with Crippen molar-refractivity contribution in [2.45, 2.75) is 39.4 Å². The number of nitrogens with zero attached hydrogens (tertiary/aromatic N) is 6. The minimum atomic E-state index is -0.0166. The summed E-state index contributed by atoms with van der Waals surface area (Å²) in [5.74, 6) is 0. The maximum Gasteiger partial charge on any atom is 0.266 e. The molecule has 7 nitrogen and oxygen atoms in total. The van der Waals surface area contributed by atoms with Gasteiger partial charge < -0.3 is 0 Å². The van der Waals surface area contributed by atoms with Gasteiger partial charge in [-0.15, -0.1) is 0 Å². The average Bonchev–Trinajstić information content (AvgIpc) is 3.18. The van der Waals surface area contributed by atoms with E-state index in [1.807, 2.05) is 6.92 Å². The SMILES string of the molecule is Cc1ccc(=O)n(CCN2CCN(Cc3cc4n(n3)CCC4)CC2)n1. The van der Waals surface area contributed by atoms with Gasteiger partial charge in [0.15, 0.2) is 0 Å². The van der Waals surface area contributed by atoms with Gasteiger partial charge in [-0.3, -0.25) is 19.3 Å². The molecule has 2 aromatic rings. The van der Waals surface area contributed by atoms with Crippen LogP contribution in [0.1, 0.15) is 23.5 Å². The fraction of sp³-hybridized carbons (Fsp3) is 0.611. The number of fused-ring (bicyclic) bond motifs is 1. The first-order chi connectivity index (χ1) is 12.2. The van der Waals surface area contributed by atoms with Crippen LogP contribution in [0.4, 0.5) is 0 Å². The first-order valence-electron chi connectivity index (χ1n) is 9.22. The first kappa shape index (κ1) is 16.5. The van der Waals surface area contributed by atoms with Crippen LogP contribution in [-0.2, 0) is 26.1 Å². The molecule has 4 heterocycles. The minimum absolute atomic E-state index is 0.0166. The van der Waals surface area contributed by atoms with Crippen LogP contribution in [0.2, 0.25) is 0 Å². The lowest BCUT2D eigenvalue weighted by Gasteiger charge is -2.34. The van der Waals surface area contributed by atoms with Crippen molar-refractivity contribution in [3.63, 3.8) is 0 Å². The lowest BCUT2D eigenvalue weighted by Crippen LogP contribution is -2.47. The third kappa shape index (κ3) is 3.82. The van der Waals surface area contributed by atoms with Crippen molar-refractivity contribution in [2.24, 2.45) is 0 Å². The Balaban J connectivity index is 1.25. The summed E-state index contributed by atoms with van der Waals surface area (Å²) in [6.45, 7) is 9.67. The molecule has 0 N–H and O–H groups in total. The summed E-state index contributed by atoms with van der Waals surface area (Å²) >= 11 is 0. The van der Waals surface area contributed by atoms with Gasteiger partial charge in [-0.25, -0.2) is 4.68 Å². The summed E-state index contributed by atoms with van der Waals surface area (Å²) in [5.41, 5.74) is 3.47. The zero-order chi connectivity index (χ0) is 17.2. The molecule has 0 atom stereocenters. The molecule has 0 aromatic carbocycles. The molecule has 0 radical (unpaired) electrons. The summed E-state index contributed by atoms with van der Waals surface area (Å²) in [4.78, 5) is 16.7. The van der Waals surface area contributed by atoms with Crippen LogP contribution in [0.25, 0.3) is 0 Å². The maximum absolute atomic E-state index is 11.8. The Labute approximate surface area is 147 Å². The van der Waals surface area contributed by atoms with Crippen LogP contribution in [0.15, 0.2) is 23.0 Å². The van der Waals surface area contributed by atoms with Crippen LogP contribution in [0.5, 0.6) is 0 Å². The molecule has 0 spiro atoms. The molecule has 4 rings (SSSR count). The Morgan fingerprint density at radius 3 is 2.60 bits per heavy atom. The van der Waals surface area contributed by atoms with Gasteiger partial charge in [0.2, 0.25) is 0 Å². The van der Waals surface area contributed by atoms with Crippen molar-refractivity contribution < 1.29 is 0 Å². The van der Waals surface area contributed by atoms with Crippen molar-refractivity contribution in [3.05, 3.63) is 45.6 Å². The minimum Gasteiger partial charge on any atom is -0.299 e. The van der Waals surface area contributed by atoms with E-state index in [0.717, 1.165) is 51.5 Å². The maximum atomic E-state index is 11.8. The number of hydrogen-bond acceptors (Lipinski definition) is 5. The molecule has 2 aliphatic heterocycles. The number of rotatable bonds is 5. The summed E-state index contributed by atoms with van der Waals surface area (Å²) in [6, 6.07) is 5.64. The second-order valence-corrected chi connectivity index (χ2v) is 7.11. The first-order valence-corrected chi connectivity index (χ1v) is 9.22. The number of aryl methyl sites for hydroxylation is 3. The van der Waals surface area contributed by atoms with E-state index in [4.69, 9.17) is 5.10 Å². The zero-order valence-electron chi connectivity index (χ0n) is 14.9. The van der Waals surface area contributed by atoms with E-state index in [1.54, 1.807) is 16.8 Å². The van der Waals surface area contributed by atoms with Gasteiger partial charge in [-0.1, -0.05) is 0 Å². The third-order valence-corrected chi connectivity index (χ3v) is 5.20. The summed E-state index contributed by atoms with van der Waals surface area (Å²) < 4.78 is 3.74. The molecule has 2 aliphatic rings. The molecular formula is C18H26N6O. The van der Waals surface area contributed by atoms with E-state index in [9.17, 15) is 4.79 Å². The van der Waals surface area contributed by atoms with Crippen LogP contribution >= 0.6 is 0 Å². The molecule has 2 aromatic heterocycles. The van der Waals surface area contributed by atoms with Crippen LogP contribution in [0.3, 0.4) is 0 Å². The highest BCUT2D eigenvalue weighted by Gasteiger charge is 2.19. The third-order valence-electron chi connectivity index (χ3n) is 5.20. The molecule has 0 unspecified atom stereocenters. The number of piperazine rings is 1. The Morgan fingerprint density at radius 2 is 1.80 bits per heavy atom. The lowest BCUT2D eigenvalue weighted by molar-refractivity contribution is 0.121. The molecule has 0 bridgehead atoms. The molecule has 0 saturated carbocycles. The molecule has 1 fully saturated rings. The van der Waals surface area contributed by atoms with Gasteiger partial charge in [0, 0.05) is 57.6 Å². The van der Waals surface area contributed by atoms with Gasteiger partial charge >= 0.3 is 0 Å². The van der Waals surface area contributed by atoms with E-state index >= 15 is 0 Å². The van der Waals surface area contributed by atoms with Gasteiger partial charge in [0.25, 0.3) is 5.56 Å². The predicted octanol–water partition coefficient (Wildman–Crippen LogP) is 0.512. The largest absolute Gasteiger partial charge is 0.299 e. The zero-order valence-corrected chi connectivity index (χ0v) is 14.9. The van der Waals surface area contributed by atoms with Crippen molar-refractivity contribution in [1.29, 1.82) is 0 Å². The topological polar surface area (TPSA) is 59.2 Å². The van der Waals surface area contributed by atoms with Crippen LogP contribution < -0.4 is 5.56 Å². The summed E-state index contributed by atoms with van der Waals surface area (Å²) in [6.07, 6.45) is 2.41. The molecule has 0 amide bonds. The van der Waals surface area contributed by atoms with Gasteiger partial charge in [0.05, 0.1) is 17.9 Å². The van der Waals surface area contributed by atoms with Crippen molar-refractivity contribution in [1.82, 2.24) is 29.4 Å². The Hall–Kier alpha value is -1.99. The summed E-state index contributed by atoms with van der Waals surface area (Å²) in [7, 11) is 0. The second-order valence-electron chi connectivity index (χ2n) is 7.11. The lowest BCUT2D eigenvalue weighted by atomic mass is 10.2. The second kappa shape index (κ2) is 7.09. The molecule has 0 aliphatic carbocycles. The van der Waals surface area contributed by atoms with Crippen molar-refractivity contribution in [3.8, 4) is 0 Å². The van der Waals surface area contributed by atoms with Gasteiger partial charge in [0.1, 0.15) is 0 Å². The summed E-state index contributed by atoms with van der Waals surface area (Å²) in [5, 5.41) is 9.02. The van der Waals surface area contributed by atoms with Crippen LogP contribution in [-0.4, -0.2) is 62.1 Å².